The quantitative estimate of drug-likeness (QED) is 0.677. The molecule has 1 aliphatic heterocycles. The van der Waals surface area contributed by atoms with Crippen molar-refractivity contribution in [3.05, 3.63) is 74.3 Å². The number of hydrogen-bond donors (Lipinski definition) is 2. The van der Waals surface area contributed by atoms with Crippen molar-refractivity contribution in [3.63, 3.8) is 0 Å². The molecule has 26 heavy (non-hydrogen) atoms. The Morgan fingerprint density at radius 3 is 2.81 bits per heavy atom. The van der Waals surface area contributed by atoms with Crippen LogP contribution < -0.4 is 5.56 Å². The summed E-state index contributed by atoms with van der Waals surface area (Å²) >= 11 is 5.03. The average molecular weight is 365 g/mol. The van der Waals surface area contributed by atoms with Crippen molar-refractivity contribution >= 4 is 29.0 Å². The van der Waals surface area contributed by atoms with E-state index >= 15 is 0 Å². The summed E-state index contributed by atoms with van der Waals surface area (Å²) in [5.74, 6) is -0.0164. The van der Waals surface area contributed by atoms with Crippen molar-refractivity contribution in [3.8, 4) is 0 Å². The molecule has 132 valence electrons. The number of likely N-dealkylation sites (tertiary alicyclic amines) is 1. The first kappa shape index (κ1) is 16.7. The van der Waals surface area contributed by atoms with Crippen LogP contribution in [0.3, 0.4) is 0 Å². The van der Waals surface area contributed by atoms with Gasteiger partial charge in [0, 0.05) is 12.1 Å². The normalized spacial score (nSPS) is 17.0. The first-order valence-electron chi connectivity index (χ1n) is 8.67. The highest BCUT2D eigenvalue weighted by Crippen LogP contribution is 2.34. The third kappa shape index (κ3) is 2.86. The number of amides is 1. The molecule has 1 atom stereocenters. The van der Waals surface area contributed by atoms with E-state index in [4.69, 9.17) is 12.2 Å². The van der Waals surface area contributed by atoms with Gasteiger partial charge in [0.15, 0.2) is 4.77 Å². The molecule has 0 radical (unpaired) electrons. The number of H-pyrrole nitrogens is 2. The summed E-state index contributed by atoms with van der Waals surface area (Å²) in [6.45, 7) is 2.82. The van der Waals surface area contributed by atoms with E-state index in [1.54, 1.807) is 18.2 Å². The molecular weight excluding hydrogens is 346 g/mol. The van der Waals surface area contributed by atoms with Crippen LogP contribution in [0, 0.1) is 11.7 Å². The van der Waals surface area contributed by atoms with Crippen LogP contribution in [-0.2, 0) is 0 Å². The Bertz CT molecular complexity index is 1120. The van der Waals surface area contributed by atoms with Gasteiger partial charge in [-0.15, -0.1) is 0 Å². The number of rotatable bonds is 2. The maximum atomic E-state index is 13.2. The molecule has 2 N–H and O–H groups in total. The number of fused-ring (bicyclic) bond motifs is 1. The summed E-state index contributed by atoms with van der Waals surface area (Å²) in [6.07, 6.45) is 1.95. The number of nitrogens with zero attached hydrogens (tertiary/aromatic N) is 1. The van der Waals surface area contributed by atoms with Crippen molar-refractivity contribution in [2.45, 2.75) is 25.8 Å². The minimum atomic E-state index is -0.248. The zero-order chi connectivity index (χ0) is 18.3. The van der Waals surface area contributed by atoms with Crippen LogP contribution in [0.2, 0.25) is 0 Å². The van der Waals surface area contributed by atoms with Crippen molar-refractivity contribution in [1.82, 2.24) is 14.9 Å². The van der Waals surface area contributed by atoms with E-state index in [1.165, 1.54) is 11.1 Å². The zero-order valence-corrected chi connectivity index (χ0v) is 15.2. The number of aryl methyl sites for hydroxylation is 1. The van der Waals surface area contributed by atoms with E-state index in [9.17, 15) is 9.59 Å². The molecule has 1 fully saturated rings. The molecule has 0 saturated carbocycles. The summed E-state index contributed by atoms with van der Waals surface area (Å²) in [5, 5.41) is 0.493. The maximum absolute atomic E-state index is 13.2. The molecular formula is C20H19N3O2S. The fraction of sp³-hybridized carbons (Fsp3) is 0.250. The molecule has 2 heterocycles. The van der Waals surface area contributed by atoms with Crippen LogP contribution in [-0.4, -0.2) is 27.3 Å². The zero-order valence-electron chi connectivity index (χ0n) is 14.4. The van der Waals surface area contributed by atoms with Crippen molar-refractivity contribution in [2.75, 3.05) is 6.54 Å². The predicted octanol–water partition coefficient (Wildman–Crippen LogP) is 3.87. The monoisotopic (exact) mass is 365 g/mol. The van der Waals surface area contributed by atoms with Gasteiger partial charge in [-0.2, -0.15) is 0 Å². The fourth-order valence-electron chi connectivity index (χ4n) is 3.76. The molecule has 1 saturated heterocycles. The van der Waals surface area contributed by atoms with Gasteiger partial charge in [0.2, 0.25) is 0 Å². The molecule has 6 heteroatoms. The Balaban J connectivity index is 1.73. The predicted molar refractivity (Wildman–Crippen MR) is 104 cm³/mol. The maximum Gasteiger partial charge on any atom is 0.259 e. The molecule has 3 aromatic rings. The summed E-state index contributed by atoms with van der Waals surface area (Å²) < 4.78 is 0.256. The van der Waals surface area contributed by atoms with Crippen LogP contribution in [0.15, 0.2) is 47.3 Å². The van der Waals surface area contributed by atoms with E-state index in [0.717, 1.165) is 19.4 Å². The number of carbonyl (C=O) groups excluding carboxylic acids is 1. The van der Waals surface area contributed by atoms with Crippen LogP contribution in [0.4, 0.5) is 0 Å². The minimum absolute atomic E-state index is 0.0164. The Morgan fingerprint density at radius 2 is 2.00 bits per heavy atom. The molecule has 4 rings (SSSR count). The molecule has 2 aromatic carbocycles. The van der Waals surface area contributed by atoms with Crippen molar-refractivity contribution < 1.29 is 4.79 Å². The van der Waals surface area contributed by atoms with Gasteiger partial charge in [0.05, 0.1) is 16.9 Å². The SMILES string of the molecule is Cc1ccccc1C1CCCN1C(=O)c1ccc2c(=O)[nH]c(=S)[nH]c2c1. The van der Waals surface area contributed by atoms with E-state index in [-0.39, 0.29) is 22.3 Å². The molecule has 0 bridgehead atoms. The molecule has 1 unspecified atom stereocenters. The van der Waals surface area contributed by atoms with E-state index in [0.29, 0.717) is 16.5 Å². The topological polar surface area (TPSA) is 69.0 Å². The second kappa shape index (κ2) is 6.53. The smallest absolute Gasteiger partial charge is 0.259 e. The third-order valence-electron chi connectivity index (χ3n) is 5.05. The Morgan fingerprint density at radius 1 is 1.19 bits per heavy atom. The summed E-state index contributed by atoms with van der Waals surface area (Å²) in [4.78, 5) is 32.6. The van der Waals surface area contributed by atoms with Crippen LogP contribution in [0.5, 0.6) is 0 Å². The number of aromatic amines is 2. The van der Waals surface area contributed by atoms with Gasteiger partial charge in [-0.05, 0) is 61.3 Å². The lowest BCUT2D eigenvalue weighted by atomic mass is 9.99. The Kier molecular flexibility index (Phi) is 4.20. The van der Waals surface area contributed by atoms with E-state index < -0.39 is 0 Å². The molecule has 0 spiro atoms. The van der Waals surface area contributed by atoms with Gasteiger partial charge in [0.1, 0.15) is 0 Å². The number of benzene rings is 2. The Labute approximate surface area is 155 Å². The van der Waals surface area contributed by atoms with E-state index in [1.807, 2.05) is 17.0 Å². The second-order valence-electron chi connectivity index (χ2n) is 6.68. The summed E-state index contributed by atoms with van der Waals surface area (Å²) in [6, 6.07) is 13.4. The highest BCUT2D eigenvalue weighted by Gasteiger charge is 2.31. The van der Waals surface area contributed by atoms with E-state index in [2.05, 4.69) is 29.0 Å². The lowest BCUT2D eigenvalue weighted by Crippen LogP contribution is -2.31. The van der Waals surface area contributed by atoms with Gasteiger partial charge in [-0.25, -0.2) is 0 Å². The average Bonchev–Trinajstić information content (AvgIpc) is 3.10. The third-order valence-corrected chi connectivity index (χ3v) is 5.25. The van der Waals surface area contributed by atoms with Gasteiger partial charge >= 0.3 is 0 Å². The van der Waals surface area contributed by atoms with Gasteiger partial charge < -0.3 is 9.88 Å². The molecule has 0 aliphatic carbocycles. The van der Waals surface area contributed by atoms with Crippen LogP contribution in [0.1, 0.15) is 40.4 Å². The fourth-order valence-corrected chi connectivity index (χ4v) is 3.96. The second-order valence-corrected chi connectivity index (χ2v) is 7.09. The van der Waals surface area contributed by atoms with Gasteiger partial charge in [0.25, 0.3) is 11.5 Å². The molecule has 1 aliphatic rings. The summed E-state index contributed by atoms with van der Waals surface area (Å²) in [7, 11) is 0. The lowest BCUT2D eigenvalue weighted by Gasteiger charge is -2.26. The number of aromatic nitrogens is 2. The number of carbonyl (C=O) groups is 1. The van der Waals surface area contributed by atoms with Crippen molar-refractivity contribution in [2.24, 2.45) is 0 Å². The first-order valence-corrected chi connectivity index (χ1v) is 9.08. The standard InChI is InChI=1S/C20H19N3O2S/c1-12-5-2-3-6-14(12)17-7-4-10-23(17)19(25)13-8-9-15-16(11-13)21-20(26)22-18(15)24/h2-3,5-6,8-9,11,17H,4,7,10H2,1H3,(H2,21,22,24,26). The molecule has 1 aromatic heterocycles. The van der Waals surface area contributed by atoms with Crippen LogP contribution in [0.25, 0.3) is 10.9 Å². The first-order chi connectivity index (χ1) is 12.5. The number of nitrogens with one attached hydrogen (secondary N) is 2. The Hall–Kier alpha value is -2.73. The molecule has 1 amide bonds. The summed E-state index contributed by atoms with van der Waals surface area (Å²) in [5.41, 5.74) is 3.30. The van der Waals surface area contributed by atoms with Gasteiger partial charge in [-0.3, -0.25) is 14.6 Å². The highest BCUT2D eigenvalue weighted by molar-refractivity contribution is 7.71. The molecule has 5 nitrogen and oxygen atoms in total. The largest absolute Gasteiger partial charge is 0.332 e. The van der Waals surface area contributed by atoms with Crippen LogP contribution >= 0.6 is 12.2 Å². The highest BCUT2D eigenvalue weighted by atomic mass is 32.1. The lowest BCUT2D eigenvalue weighted by molar-refractivity contribution is 0.0735. The number of hydrogen-bond acceptors (Lipinski definition) is 3. The van der Waals surface area contributed by atoms with Gasteiger partial charge in [-0.1, -0.05) is 24.3 Å². The minimum Gasteiger partial charge on any atom is -0.332 e. The van der Waals surface area contributed by atoms with Crippen molar-refractivity contribution in [1.29, 1.82) is 0 Å².